The number of carbonyl (C=O) groups is 1. The lowest BCUT2D eigenvalue weighted by Crippen LogP contribution is -2.38. The van der Waals surface area contributed by atoms with Gasteiger partial charge in [0.15, 0.2) is 0 Å². The molecule has 0 saturated heterocycles. The fourth-order valence-electron chi connectivity index (χ4n) is 4.55. The van der Waals surface area contributed by atoms with Crippen molar-refractivity contribution in [1.82, 2.24) is 5.32 Å². The number of rotatable bonds is 2. The molecule has 0 aromatic heterocycles. The number of carbonyl (C=O) groups excluding carboxylic acids is 1. The zero-order chi connectivity index (χ0) is 13.5. The van der Waals surface area contributed by atoms with Gasteiger partial charge in [-0.25, -0.2) is 0 Å². The van der Waals surface area contributed by atoms with Crippen LogP contribution >= 0.6 is 0 Å². The zero-order valence-electron chi connectivity index (χ0n) is 12.0. The Morgan fingerprint density at radius 1 is 1.05 bits per heavy atom. The van der Waals surface area contributed by atoms with Gasteiger partial charge >= 0.3 is 0 Å². The van der Waals surface area contributed by atoms with Crippen molar-refractivity contribution in [3.8, 4) is 0 Å². The Morgan fingerprint density at radius 3 is 2.65 bits per heavy atom. The van der Waals surface area contributed by atoms with E-state index < -0.39 is 0 Å². The van der Waals surface area contributed by atoms with Crippen molar-refractivity contribution in [2.75, 3.05) is 0 Å². The summed E-state index contributed by atoms with van der Waals surface area (Å²) in [6.45, 7) is 0. The number of fused-ring (bicyclic) bond motifs is 3. The summed E-state index contributed by atoms with van der Waals surface area (Å²) in [7, 11) is 0. The van der Waals surface area contributed by atoms with Crippen molar-refractivity contribution in [3.63, 3.8) is 0 Å². The summed E-state index contributed by atoms with van der Waals surface area (Å²) in [6.07, 6.45) is 10.1. The zero-order valence-corrected chi connectivity index (χ0v) is 12.0. The minimum absolute atomic E-state index is 0.149. The molecule has 1 aromatic rings. The lowest BCUT2D eigenvalue weighted by atomic mass is 9.90. The molecular weight excluding hydrogens is 246 g/mol. The third-order valence-corrected chi connectivity index (χ3v) is 5.67. The highest BCUT2D eigenvalue weighted by Gasteiger charge is 2.40. The number of hydrogen-bond acceptors (Lipinski definition) is 1. The molecule has 2 heteroatoms. The molecule has 1 N–H and O–H groups in total. The molecule has 2 saturated carbocycles. The Kier molecular flexibility index (Phi) is 3.05. The van der Waals surface area contributed by atoms with E-state index in [9.17, 15) is 4.79 Å². The molecule has 3 aliphatic rings. The Balaban J connectivity index is 1.48. The van der Waals surface area contributed by atoms with Crippen LogP contribution in [0.3, 0.4) is 0 Å². The van der Waals surface area contributed by atoms with Crippen molar-refractivity contribution in [1.29, 1.82) is 0 Å². The highest BCUT2D eigenvalue weighted by molar-refractivity contribution is 5.94. The highest BCUT2D eigenvalue weighted by Crippen LogP contribution is 2.44. The predicted molar refractivity (Wildman–Crippen MR) is 79.8 cm³/mol. The molecule has 20 heavy (non-hydrogen) atoms. The molecule has 3 atom stereocenters. The first-order valence-electron chi connectivity index (χ1n) is 8.22. The normalized spacial score (nSPS) is 31.1. The molecule has 2 fully saturated rings. The van der Waals surface area contributed by atoms with Gasteiger partial charge in [0.1, 0.15) is 0 Å². The standard InChI is InChI=1S/C18H23NO/c20-18(19-17-10-12-5-6-15(17)9-12)16-8-7-13-3-1-2-4-14(13)11-16/h7-8,11-12,15,17H,1-6,9-10H2,(H,19,20). The monoisotopic (exact) mass is 269 g/mol. The Morgan fingerprint density at radius 2 is 1.90 bits per heavy atom. The summed E-state index contributed by atoms with van der Waals surface area (Å²) < 4.78 is 0. The van der Waals surface area contributed by atoms with E-state index in [1.165, 1.54) is 56.1 Å². The van der Waals surface area contributed by atoms with Gasteiger partial charge in [0, 0.05) is 11.6 Å². The van der Waals surface area contributed by atoms with Crippen LogP contribution in [0.4, 0.5) is 0 Å². The molecule has 1 aromatic carbocycles. The van der Waals surface area contributed by atoms with Crippen LogP contribution in [0.5, 0.6) is 0 Å². The number of amides is 1. The van der Waals surface area contributed by atoms with Crippen molar-refractivity contribution in [2.45, 2.75) is 57.4 Å². The van der Waals surface area contributed by atoms with Gasteiger partial charge in [-0.1, -0.05) is 12.5 Å². The summed E-state index contributed by atoms with van der Waals surface area (Å²) >= 11 is 0. The molecular formula is C18H23NO. The first kappa shape index (κ1) is 12.4. The molecule has 0 aliphatic heterocycles. The SMILES string of the molecule is O=C(NC1CC2CCC1C2)c1ccc2c(c1)CCCC2. The Labute approximate surface area is 121 Å². The van der Waals surface area contributed by atoms with Crippen LogP contribution in [-0.4, -0.2) is 11.9 Å². The fourth-order valence-corrected chi connectivity index (χ4v) is 4.55. The quantitative estimate of drug-likeness (QED) is 0.875. The molecule has 0 radical (unpaired) electrons. The molecule has 4 rings (SSSR count). The lowest BCUT2D eigenvalue weighted by molar-refractivity contribution is 0.0923. The number of benzene rings is 1. The van der Waals surface area contributed by atoms with E-state index >= 15 is 0 Å². The van der Waals surface area contributed by atoms with Gasteiger partial charge in [-0.05, 0) is 80.0 Å². The second-order valence-corrected chi connectivity index (χ2v) is 6.95. The second kappa shape index (κ2) is 4.91. The first-order chi connectivity index (χ1) is 9.79. The van der Waals surface area contributed by atoms with Crippen LogP contribution in [0.2, 0.25) is 0 Å². The third kappa shape index (κ3) is 2.15. The average molecular weight is 269 g/mol. The van der Waals surface area contributed by atoms with E-state index in [0.29, 0.717) is 6.04 Å². The smallest absolute Gasteiger partial charge is 0.251 e. The minimum atomic E-state index is 0.149. The van der Waals surface area contributed by atoms with Gasteiger partial charge in [0.05, 0.1) is 0 Å². The van der Waals surface area contributed by atoms with Crippen LogP contribution in [0.25, 0.3) is 0 Å². The predicted octanol–water partition coefficient (Wildman–Crippen LogP) is 3.48. The van der Waals surface area contributed by atoms with Gasteiger partial charge in [0.25, 0.3) is 5.91 Å². The summed E-state index contributed by atoms with van der Waals surface area (Å²) in [4.78, 5) is 12.5. The maximum Gasteiger partial charge on any atom is 0.251 e. The maximum absolute atomic E-state index is 12.5. The summed E-state index contributed by atoms with van der Waals surface area (Å²) in [5, 5.41) is 3.29. The van der Waals surface area contributed by atoms with Crippen molar-refractivity contribution in [2.24, 2.45) is 11.8 Å². The molecule has 0 heterocycles. The largest absolute Gasteiger partial charge is 0.349 e. The molecule has 2 nitrogen and oxygen atoms in total. The van der Waals surface area contributed by atoms with Gasteiger partial charge in [0.2, 0.25) is 0 Å². The molecule has 1 amide bonds. The van der Waals surface area contributed by atoms with Crippen molar-refractivity contribution in [3.05, 3.63) is 34.9 Å². The van der Waals surface area contributed by atoms with E-state index in [0.717, 1.165) is 23.8 Å². The topological polar surface area (TPSA) is 29.1 Å². The Bertz CT molecular complexity index is 536. The average Bonchev–Trinajstić information content (AvgIpc) is 3.09. The summed E-state index contributed by atoms with van der Waals surface area (Å²) in [6, 6.07) is 6.77. The Hall–Kier alpha value is -1.31. The summed E-state index contributed by atoms with van der Waals surface area (Å²) in [5.74, 6) is 1.78. The highest BCUT2D eigenvalue weighted by atomic mass is 16.1. The number of nitrogens with one attached hydrogen (secondary N) is 1. The second-order valence-electron chi connectivity index (χ2n) is 6.95. The van der Waals surface area contributed by atoms with Gasteiger partial charge < -0.3 is 5.32 Å². The summed E-state index contributed by atoms with van der Waals surface area (Å²) in [5.41, 5.74) is 3.72. The van der Waals surface area contributed by atoms with E-state index in [2.05, 4.69) is 17.4 Å². The first-order valence-corrected chi connectivity index (χ1v) is 8.22. The fraction of sp³-hybridized carbons (Fsp3) is 0.611. The van der Waals surface area contributed by atoms with E-state index in [1.807, 2.05) is 6.07 Å². The molecule has 3 unspecified atom stereocenters. The maximum atomic E-state index is 12.5. The third-order valence-electron chi connectivity index (χ3n) is 5.67. The van der Waals surface area contributed by atoms with Crippen LogP contribution in [-0.2, 0) is 12.8 Å². The molecule has 2 bridgehead atoms. The number of hydrogen-bond donors (Lipinski definition) is 1. The minimum Gasteiger partial charge on any atom is -0.349 e. The van der Waals surface area contributed by atoms with Gasteiger partial charge in [-0.2, -0.15) is 0 Å². The van der Waals surface area contributed by atoms with Gasteiger partial charge in [-0.3, -0.25) is 4.79 Å². The number of aryl methyl sites for hydroxylation is 2. The van der Waals surface area contributed by atoms with Crippen LogP contribution in [0.1, 0.15) is 60.0 Å². The molecule has 106 valence electrons. The van der Waals surface area contributed by atoms with E-state index in [4.69, 9.17) is 0 Å². The van der Waals surface area contributed by atoms with Gasteiger partial charge in [-0.15, -0.1) is 0 Å². The van der Waals surface area contributed by atoms with Crippen LogP contribution in [0, 0.1) is 11.8 Å². The van der Waals surface area contributed by atoms with E-state index in [1.54, 1.807) is 0 Å². The van der Waals surface area contributed by atoms with Crippen LogP contribution < -0.4 is 5.32 Å². The van der Waals surface area contributed by atoms with Crippen LogP contribution in [0.15, 0.2) is 18.2 Å². The molecule has 3 aliphatic carbocycles. The lowest BCUT2D eigenvalue weighted by Gasteiger charge is -2.23. The molecule has 0 spiro atoms. The van der Waals surface area contributed by atoms with Crippen molar-refractivity contribution >= 4 is 5.91 Å². The van der Waals surface area contributed by atoms with Crippen molar-refractivity contribution < 1.29 is 4.79 Å². The van der Waals surface area contributed by atoms with E-state index in [-0.39, 0.29) is 5.91 Å².